The lowest BCUT2D eigenvalue weighted by molar-refractivity contribution is -0.124. The van der Waals surface area contributed by atoms with Crippen LogP contribution in [0.15, 0.2) is 48.6 Å². The Morgan fingerprint density at radius 1 is 0.491 bits per heavy atom. The van der Waals surface area contributed by atoms with Crippen molar-refractivity contribution >= 4 is 5.91 Å². The predicted octanol–water partition coefficient (Wildman–Crippen LogP) is 13.3. The van der Waals surface area contributed by atoms with Crippen molar-refractivity contribution in [2.24, 2.45) is 0 Å². The van der Waals surface area contributed by atoms with Crippen molar-refractivity contribution in [1.82, 2.24) is 5.32 Å². The maximum atomic E-state index is 12.4. The first-order valence-corrected chi connectivity index (χ1v) is 22.9. The Balaban J connectivity index is 3.68. The molecule has 3 atom stereocenters. The van der Waals surface area contributed by atoms with Gasteiger partial charge in [0.25, 0.3) is 0 Å². The van der Waals surface area contributed by atoms with Crippen LogP contribution in [-0.2, 0) is 4.79 Å². The largest absolute Gasteiger partial charge is 0.394 e. The summed E-state index contributed by atoms with van der Waals surface area (Å²) in [5.74, 6) is -0.338. The Morgan fingerprint density at radius 3 is 1.36 bits per heavy atom. The second-order valence-electron chi connectivity index (χ2n) is 15.7. The topological polar surface area (TPSA) is 89.8 Å². The molecular formula is C48H89NO4. The molecule has 0 aliphatic carbocycles. The smallest absolute Gasteiger partial charge is 0.222 e. The number of hydrogen-bond donors (Lipinski definition) is 4. The third-order valence-electron chi connectivity index (χ3n) is 10.4. The summed E-state index contributed by atoms with van der Waals surface area (Å²) < 4.78 is 0. The Hall–Kier alpha value is -1.69. The maximum absolute atomic E-state index is 12.4. The lowest BCUT2D eigenvalue weighted by Gasteiger charge is -2.20. The molecule has 4 N–H and O–H groups in total. The molecule has 0 bridgehead atoms. The van der Waals surface area contributed by atoms with Crippen molar-refractivity contribution in [1.29, 1.82) is 0 Å². The van der Waals surface area contributed by atoms with Crippen LogP contribution >= 0.6 is 0 Å². The van der Waals surface area contributed by atoms with Crippen LogP contribution in [-0.4, -0.2) is 46.1 Å². The van der Waals surface area contributed by atoms with Gasteiger partial charge < -0.3 is 20.6 Å². The number of rotatable bonds is 41. The summed E-state index contributed by atoms with van der Waals surface area (Å²) >= 11 is 0. The molecule has 0 heterocycles. The standard InChI is InChI=1S/C48H89NO4/c1-3-5-7-9-11-13-15-17-18-19-20-21-22-23-24-25-26-27-28-30-32-34-36-38-40-42-47(52)46(44-50)49-48(53)43-45(51)41-39-37-35-33-31-29-16-14-12-10-8-6-4-2/h12,14,16,29,32,34,40,42,45-47,50-52H,3-11,13,15,17-28,30-31,33,35-39,41,43-44H2,1-2H3,(H,49,53)/b14-12-,29-16-,34-32+,42-40+. The summed E-state index contributed by atoms with van der Waals surface area (Å²) in [5, 5.41) is 33.2. The Bertz CT molecular complexity index is 866. The van der Waals surface area contributed by atoms with Crippen LogP contribution in [0.2, 0.25) is 0 Å². The summed E-state index contributed by atoms with van der Waals surface area (Å²) in [6, 6.07) is -0.768. The fourth-order valence-electron chi connectivity index (χ4n) is 6.82. The number of aliphatic hydroxyl groups excluding tert-OH is 3. The number of carbonyl (C=O) groups is 1. The van der Waals surface area contributed by atoms with Gasteiger partial charge in [-0.25, -0.2) is 0 Å². The van der Waals surface area contributed by atoms with Crippen LogP contribution in [0, 0.1) is 0 Å². The van der Waals surface area contributed by atoms with Gasteiger partial charge in [0, 0.05) is 0 Å². The lowest BCUT2D eigenvalue weighted by Crippen LogP contribution is -2.45. The van der Waals surface area contributed by atoms with E-state index in [4.69, 9.17) is 0 Å². The summed E-state index contributed by atoms with van der Waals surface area (Å²) in [6.07, 6.45) is 55.5. The van der Waals surface area contributed by atoms with Crippen molar-refractivity contribution in [3.63, 3.8) is 0 Å². The maximum Gasteiger partial charge on any atom is 0.222 e. The molecule has 0 aliphatic rings. The average Bonchev–Trinajstić information content (AvgIpc) is 3.15. The highest BCUT2D eigenvalue weighted by Crippen LogP contribution is 2.15. The molecule has 0 radical (unpaired) electrons. The van der Waals surface area contributed by atoms with Crippen molar-refractivity contribution < 1.29 is 20.1 Å². The lowest BCUT2D eigenvalue weighted by atomic mass is 10.0. The van der Waals surface area contributed by atoms with Gasteiger partial charge in [0.1, 0.15) is 0 Å². The predicted molar refractivity (Wildman–Crippen MR) is 231 cm³/mol. The highest BCUT2D eigenvalue weighted by Gasteiger charge is 2.20. The summed E-state index contributed by atoms with van der Waals surface area (Å²) in [7, 11) is 0. The molecular weight excluding hydrogens is 655 g/mol. The highest BCUT2D eigenvalue weighted by atomic mass is 16.3. The van der Waals surface area contributed by atoms with E-state index in [1.807, 2.05) is 6.08 Å². The van der Waals surface area contributed by atoms with Crippen molar-refractivity contribution in [2.75, 3.05) is 6.61 Å². The number of hydrogen-bond acceptors (Lipinski definition) is 4. The molecule has 53 heavy (non-hydrogen) atoms. The summed E-state index contributed by atoms with van der Waals surface area (Å²) in [6.45, 7) is 4.16. The van der Waals surface area contributed by atoms with E-state index < -0.39 is 18.2 Å². The van der Waals surface area contributed by atoms with Gasteiger partial charge in [-0.05, 0) is 57.8 Å². The zero-order valence-corrected chi connectivity index (χ0v) is 35.1. The quantitative estimate of drug-likeness (QED) is 0.0285. The van der Waals surface area contributed by atoms with Crippen LogP contribution in [0.25, 0.3) is 0 Å². The Morgan fingerprint density at radius 2 is 0.868 bits per heavy atom. The first-order chi connectivity index (χ1) is 26.0. The van der Waals surface area contributed by atoms with E-state index in [9.17, 15) is 20.1 Å². The monoisotopic (exact) mass is 744 g/mol. The van der Waals surface area contributed by atoms with Gasteiger partial charge in [-0.1, -0.05) is 210 Å². The molecule has 0 rings (SSSR count). The first kappa shape index (κ1) is 51.3. The van der Waals surface area contributed by atoms with E-state index in [-0.39, 0.29) is 18.9 Å². The van der Waals surface area contributed by atoms with E-state index in [0.717, 1.165) is 57.8 Å². The van der Waals surface area contributed by atoms with Crippen LogP contribution < -0.4 is 5.32 Å². The Kier molecular flexibility index (Phi) is 41.7. The second-order valence-corrected chi connectivity index (χ2v) is 15.7. The molecule has 0 saturated carbocycles. The van der Waals surface area contributed by atoms with E-state index in [1.54, 1.807) is 6.08 Å². The summed E-state index contributed by atoms with van der Waals surface area (Å²) in [4.78, 5) is 12.4. The van der Waals surface area contributed by atoms with E-state index in [2.05, 4.69) is 55.6 Å². The molecule has 1 amide bonds. The molecule has 5 heteroatoms. The van der Waals surface area contributed by atoms with Crippen LogP contribution in [0.5, 0.6) is 0 Å². The fraction of sp³-hybridized carbons (Fsp3) is 0.812. The van der Waals surface area contributed by atoms with Gasteiger partial charge in [0.05, 0.1) is 31.3 Å². The third kappa shape index (κ3) is 39.8. The Labute approximate surface area is 329 Å². The van der Waals surface area contributed by atoms with Crippen molar-refractivity contribution in [3.05, 3.63) is 48.6 Å². The third-order valence-corrected chi connectivity index (χ3v) is 10.4. The molecule has 0 aromatic heterocycles. The molecule has 0 aromatic carbocycles. The molecule has 0 fully saturated rings. The number of unbranched alkanes of at least 4 members (excludes halogenated alkanes) is 27. The van der Waals surface area contributed by atoms with Gasteiger partial charge in [-0.15, -0.1) is 0 Å². The van der Waals surface area contributed by atoms with Crippen LogP contribution in [0.3, 0.4) is 0 Å². The molecule has 0 aromatic rings. The van der Waals surface area contributed by atoms with Gasteiger partial charge in [-0.3, -0.25) is 4.79 Å². The average molecular weight is 744 g/mol. The second kappa shape index (κ2) is 43.0. The van der Waals surface area contributed by atoms with Crippen LogP contribution in [0.4, 0.5) is 0 Å². The number of allylic oxidation sites excluding steroid dienone is 7. The minimum absolute atomic E-state index is 0.00936. The van der Waals surface area contributed by atoms with Gasteiger partial charge in [0.2, 0.25) is 5.91 Å². The van der Waals surface area contributed by atoms with Gasteiger partial charge >= 0.3 is 0 Å². The van der Waals surface area contributed by atoms with Gasteiger partial charge in [0.15, 0.2) is 0 Å². The van der Waals surface area contributed by atoms with E-state index in [1.165, 1.54) is 141 Å². The van der Waals surface area contributed by atoms with Gasteiger partial charge in [-0.2, -0.15) is 0 Å². The van der Waals surface area contributed by atoms with Crippen molar-refractivity contribution in [2.45, 2.75) is 244 Å². The normalized spacial score (nSPS) is 14.0. The molecule has 310 valence electrons. The number of amides is 1. The molecule has 0 spiro atoms. The number of carbonyl (C=O) groups excluding carboxylic acids is 1. The summed E-state index contributed by atoms with van der Waals surface area (Å²) in [5.41, 5.74) is 0. The van der Waals surface area contributed by atoms with E-state index >= 15 is 0 Å². The fourth-order valence-corrected chi connectivity index (χ4v) is 6.82. The SMILES string of the molecule is CCCCC/C=C\C=C/CCCCCCC(O)CC(=O)NC(CO)C(O)/C=C/CC/C=C/CCCCCCCCCCCCCCCCCCCCC. The zero-order valence-electron chi connectivity index (χ0n) is 35.1. The van der Waals surface area contributed by atoms with E-state index in [0.29, 0.717) is 6.42 Å². The first-order valence-electron chi connectivity index (χ1n) is 22.9. The van der Waals surface area contributed by atoms with Crippen molar-refractivity contribution in [3.8, 4) is 0 Å². The molecule has 3 unspecified atom stereocenters. The highest BCUT2D eigenvalue weighted by molar-refractivity contribution is 5.76. The minimum Gasteiger partial charge on any atom is -0.394 e. The minimum atomic E-state index is -0.958. The molecule has 5 nitrogen and oxygen atoms in total. The van der Waals surface area contributed by atoms with Crippen LogP contribution in [0.1, 0.15) is 226 Å². The number of nitrogens with one attached hydrogen (secondary N) is 1. The molecule has 0 aliphatic heterocycles. The number of aliphatic hydroxyl groups is 3. The zero-order chi connectivity index (χ0) is 38.7. The molecule has 0 saturated heterocycles.